The van der Waals surface area contributed by atoms with E-state index in [2.05, 4.69) is 30.1 Å². The number of aliphatic hydroxyl groups excluding tert-OH is 1. The van der Waals surface area contributed by atoms with Gasteiger partial charge in [-0.05, 0) is 73.9 Å². The smallest absolute Gasteiger partial charge is 0.264 e. The fourth-order valence-electron chi connectivity index (χ4n) is 6.30. The molecule has 0 fully saturated rings. The first-order chi connectivity index (χ1) is 27.9. The number of carbonyl (C=O) groups excluding carboxylic acids is 3. The van der Waals surface area contributed by atoms with Gasteiger partial charge < -0.3 is 31.9 Å². The highest BCUT2D eigenvalue weighted by Gasteiger charge is 2.33. The molecular weight excluding hydrogens is 821 g/mol. The number of thiazole rings is 1. The summed E-state index contributed by atoms with van der Waals surface area (Å²) in [4.78, 5) is 48.2. The number of aliphatic hydroxyl groups is 1. The summed E-state index contributed by atoms with van der Waals surface area (Å²) in [5.41, 5.74) is 14.2. The van der Waals surface area contributed by atoms with Crippen molar-refractivity contribution in [3.05, 3.63) is 111 Å². The van der Waals surface area contributed by atoms with Crippen LogP contribution in [-0.4, -0.2) is 82.4 Å². The van der Waals surface area contributed by atoms with Crippen molar-refractivity contribution in [2.75, 3.05) is 13.7 Å². The Morgan fingerprint density at radius 2 is 1.53 bits per heavy atom. The van der Waals surface area contributed by atoms with Gasteiger partial charge in [0.05, 0.1) is 30.2 Å². The highest BCUT2D eigenvalue weighted by Crippen LogP contribution is 2.30. The number of guanidine groups is 1. The third-order valence-corrected chi connectivity index (χ3v) is 13.1. The molecule has 20 heteroatoms. The van der Waals surface area contributed by atoms with Gasteiger partial charge in [0, 0.05) is 18.1 Å². The number of aryl methyl sites for hydroxylation is 1. The SMILES string of the molecule is COc1cc(C)c(S(=O)(=O)NC(N)=NCCC[C@H](NC(=O)[C@H](CC(N)=O)NC(=O)[C@@H](Cc2ccccc2)NS(=O)(=O)Cc2ccccc2)C(O)c2nccs2)c(C)c1C. The largest absolute Gasteiger partial charge is 0.496 e. The van der Waals surface area contributed by atoms with Crippen LogP contribution in [0.15, 0.2) is 88.2 Å². The molecule has 0 aliphatic heterocycles. The first kappa shape index (κ1) is 46.3. The average molecular weight is 871 g/mol. The Bertz CT molecular complexity index is 2310. The van der Waals surface area contributed by atoms with Crippen molar-refractivity contribution in [2.24, 2.45) is 16.5 Å². The number of methoxy groups -OCH3 is 1. The van der Waals surface area contributed by atoms with E-state index in [1.54, 1.807) is 92.9 Å². The summed E-state index contributed by atoms with van der Waals surface area (Å²) in [6, 6.07) is 14.6. The zero-order valence-corrected chi connectivity index (χ0v) is 35.5. The van der Waals surface area contributed by atoms with Crippen LogP contribution >= 0.6 is 11.3 Å². The molecule has 1 unspecified atom stereocenters. The van der Waals surface area contributed by atoms with Gasteiger partial charge in [-0.15, -0.1) is 11.3 Å². The third kappa shape index (κ3) is 13.6. The number of aromatic nitrogens is 1. The highest BCUT2D eigenvalue weighted by molar-refractivity contribution is 7.90. The Morgan fingerprint density at radius 3 is 2.12 bits per heavy atom. The summed E-state index contributed by atoms with van der Waals surface area (Å²) in [6.07, 6.45) is -0.391. The van der Waals surface area contributed by atoms with Crippen LogP contribution in [0.3, 0.4) is 0 Å². The molecule has 4 rings (SSSR count). The van der Waals surface area contributed by atoms with Gasteiger partial charge in [-0.25, -0.2) is 31.3 Å². The number of rotatable bonds is 21. The number of aliphatic imine (C=N–C) groups is 1. The minimum absolute atomic E-state index is 0.0311. The van der Waals surface area contributed by atoms with Gasteiger partial charge in [-0.3, -0.25) is 19.4 Å². The molecule has 1 heterocycles. The lowest BCUT2D eigenvalue weighted by Crippen LogP contribution is -2.56. The number of carbonyl (C=O) groups is 3. The molecular formula is C39H50N8O9S3. The van der Waals surface area contributed by atoms with Crippen LogP contribution in [0.1, 0.15) is 58.2 Å². The van der Waals surface area contributed by atoms with E-state index in [0.29, 0.717) is 33.6 Å². The molecule has 3 amide bonds. The van der Waals surface area contributed by atoms with Crippen LogP contribution in [0.4, 0.5) is 0 Å². The maximum atomic E-state index is 13.8. The highest BCUT2D eigenvalue weighted by atomic mass is 32.2. The van der Waals surface area contributed by atoms with Gasteiger partial charge in [0.1, 0.15) is 28.9 Å². The Hall–Kier alpha value is -5.41. The Morgan fingerprint density at radius 1 is 0.898 bits per heavy atom. The zero-order chi connectivity index (χ0) is 43.3. The third-order valence-electron chi connectivity index (χ3n) is 9.23. The minimum Gasteiger partial charge on any atom is -0.496 e. The van der Waals surface area contributed by atoms with Crippen molar-refractivity contribution in [1.29, 1.82) is 0 Å². The number of benzene rings is 3. The summed E-state index contributed by atoms with van der Waals surface area (Å²) >= 11 is 1.13. The standard InChI is InChI=1S/C39H50N8O9S3/c1-24-20-32(56-4)25(2)26(3)35(24)59(54,55)47-39(41)43-17-11-16-29(34(49)38-42-18-19-57-38)44-36(50)30(22-33(40)48)45-37(51)31(21-27-12-7-5-8-13-27)46-58(52,53)23-28-14-9-6-10-15-28/h5-10,12-15,18-20,29-31,34,46,49H,11,16-17,21-23H2,1-4H3,(H2,40,48)(H,44,50)(H,45,51)(H3,41,43,47)/t29-,30-,31+,34?/m0/s1. The first-order valence-electron chi connectivity index (χ1n) is 18.4. The summed E-state index contributed by atoms with van der Waals surface area (Å²) in [6.45, 7) is 5.00. The van der Waals surface area contributed by atoms with Crippen molar-refractivity contribution < 1.29 is 41.1 Å². The zero-order valence-electron chi connectivity index (χ0n) is 33.0. The van der Waals surface area contributed by atoms with Gasteiger partial charge in [0.2, 0.25) is 33.7 Å². The van der Waals surface area contributed by atoms with Gasteiger partial charge in [0.25, 0.3) is 10.0 Å². The lowest BCUT2D eigenvalue weighted by molar-refractivity contribution is -0.132. The van der Waals surface area contributed by atoms with Crippen molar-refractivity contribution >= 4 is 55.1 Å². The van der Waals surface area contributed by atoms with E-state index >= 15 is 0 Å². The van der Waals surface area contributed by atoms with Crippen LogP contribution < -0.4 is 36.3 Å². The van der Waals surface area contributed by atoms with Gasteiger partial charge in [-0.2, -0.15) is 0 Å². The molecule has 318 valence electrons. The van der Waals surface area contributed by atoms with E-state index in [-0.39, 0.29) is 41.7 Å². The number of primary amides is 1. The molecule has 0 spiro atoms. The van der Waals surface area contributed by atoms with Crippen molar-refractivity contribution in [3.8, 4) is 5.75 Å². The van der Waals surface area contributed by atoms with E-state index in [9.17, 15) is 36.3 Å². The number of amides is 3. The first-order valence-corrected chi connectivity index (χ1v) is 22.4. The number of nitrogens with two attached hydrogens (primary N) is 2. The second kappa shape index (κ2) is 21.0. The van der Waals surface area contributed by atoms with E-state index in [1.165, 1.54) is 13.3 Å². The number of hydrogen-bond acceptors (Lipinski definition) is 12. The molecule has 0 saturated carbocycles. The predicted molar refractivity (Wildman–Crippen MR) is 224 cm³/mol. The Kier molecular flexibility index (Phi) is 16.5. The fourth-order valence-corrected chi connectivity index (χ4v) is 9.80. The maximum Gasteiger partial charge on any atom is 0.264 e. The molecule has 4 aromatic rings. The Balaban J connectivity index is 1.49. The fraction of sp³-hybridized carbons (Fsp3) is 0.359. The normalized spacial score (nSPS) is 14.1. The number of nitrogens with zero attached hydrogens (tertiary/aromatic N) is 2. The number of nitrogens with one attached hydrogen (secondary N) is 4. The molecule has 1 aromatic heterocycles. The molecule has 0 radical (unpaired) electrons. The van der Waals surface area contributed by atoms with Crippen LogP contribution in [0.25, 0.3) is 0 Å². The van der Waals surface area contributed by atoms with Crippen LogP contribution in [0.5, 0.6) is 5.75 Å². The summed E-state index contributed by atoms with van der Waals surface area (Å²) < 4.78 is 63.2. The number of hydrogen-bond donors (Lipinski definition) is 7. The van der Waals surface area contributed by atoms with Gasteiger partial charge in [0.15, 0.2) is 0 Å². The molecule has 3 aromatic carbocycles. The van der Waals surface area contributed by atoms with Crippen molar-refractivity contribution in [2.45, 2.75) is 81.3 Å². The van der Waals surface area contributed by atoms with E-state index in [0.717, 1.165) is 11.3 Å². The predicted octanol–water partition coefficient (Wildman–Crippen LogP) is 1.76. The summed E-state index contributed by atoms with van der Waals surface area (Å²) in [5.74, 6) is -2.98. The summed E-state index contributed by atoms with van der Waals surface area (Å²) in [5, 5.41) is 18.3. The average Bonchev–Trinajstić information content (AvgIpc) is 3.72. The molecule has 17 nitrogen and oxygen atoms in total. The molecule has 59 heavy (non-hydrogen) atoms. The van der Waals surface area contributed by atoms with E-state index in [4.69, 9.17) is 16.2 Å². The molecule has 0 bridgehead atoms. The van der Waals surface area contributed by atoms with Gasteiger partial charge in [-0.1, -0.05) is 60.7 Å². The lowest BCUT2D eigenvalue weighted by atomic mass is 10.0. The van der Waals surface area contributed by atoms with Crippen LogP contribution in [-0.2, 0) is 46.6 Å². The number of sulfonamides is 2. The molecule has 0 aliphatic carbocycles. The topological polar surface area (TPSA) is 274 Å². The van der Waals surface area contributed by atoms with Gasteiger partial charge >= 0.3 is 0 Å². The maximum absolute atomic E-state index is 13.8. The second-order valence-electron chi connectivity index (χ2n) is 13.8. The Labute approximate surface area is 348 Å². The summed E-state index contributed by atoms with van der Waals surface area (Å²) in [7, 11) is -6.73. The molecule has 0 aliphatic rings. The minimum atomic E-state index is -4.13. The molecule has 0 saturated heterocycles. The number of ether oxygens (including phenoxy) is 1. The van der Waals surface area contributed by atoms with Crippen molar-refractivity contribution in [3.63, 3.8) is 0 Å². The van der Waals surface area contributed by atoms with Crippen LogP contribution in [0.2, 0.25) is 0 Å². The van der Waals surface area contributed by atoms with E-state index < -0.39 is 74.2 Å². The quantitative estimate of drug-likeness (QED) is 0.0360. The second-order valence-corrected chi connectivity index (χ2v) is 18.1. The van der Waals surface area contributed by atoms with E-state index in [1.807, 2.05) is 0 Å². The molecule has 4 atom stereocenters. The van der Waals surface area contributed by atoms with Crippen molar-refractivity contribution in [1.82, 2.24) is 25.1 Å². The lowest BCUT2D eigenvalue weighted by Gasteiger charge is -2.27. The monoisotopic (exact) mass is 870 g/mol. The molecule has 9 N–H and O–H groups in total. The van der Waals surface area contributed by atoms with Crippen LogP contribution in [0, 0.1) is 20.8 Å².